The Bertz CT molecular complexity index is 518. The van der Waals surface area contributed by atoms with E-state index >= 15 is 0 Å². The van der Waals surface area contributed by atoms with Gasteiger partial charge >= 0.3 is 0 Å². The average Bonchev–Trinajstić information content (AvgIpc) is 2.92. The molecule has 0 bridgehead atoms. The van der Waals surface area contributed by atoms with Crippen LogP contribution in [-0.4, -0.2) is 15.0 Å². The Morgan fingerprint density at radius 1 is 1.47 bits per heavy atom. The van der Waals surface area contributed by atoms with E-state index in [1.807, 2.05) is 0 Å². The molecule has 0 unspecified atom stereocenters. The first-order valence-corrected chi connectivity index (χ1v) is 6.22. The molecule has 0 atom stereocenters. The summed E-state index contributed by atoms with van der Waals surface area (Å²) in [6, 6.07) is 0. The molecule has 0 spiro atoms. The summed E-state index contributed by atoms with van der Waals surface area (Å²) < 4.78 is 0. The molecule has 1 aliphatic rings. The van der Waals surface area contributed by atoms with E-state index in [9.17, 15) is 0 Å². The Labute approximate surface area is 96.5 Å². The van der Waals surface area contributed by atoms with Crippen molar-refractivity contribution in [2.75, 3.05) is 0 Å². The Hall–Kier alpha value is -0.740. The van der Waals surface area contributed by atoms with Gasteiger partial charge < -0.3 is 0 Å². The number of aromatic nitrogens is 3. The first-order valence-electron chi connectivity index (χ1n) is 5.03. The van der Waals surface area contributed by atoms with Crippen LogP contribution in [0, 0.1) is 0 Å². The smallest absolute Gasteiger partial charge is 0.159 e. The summed E-state index contributed by atoms with van der Waals surface area (Å²) in [5.74, 6) is 0. The lowest BCUT2D eigenvalue weighted by Crippen LogP contribution is -2.02. The van der Waals surface area contributed by atoms with Crippen molar-refractivity contribution in [3.63, 3.8) is 0 Å². The highest BCUT2D eigenvalue weighted by Gasteiger charge is 2.45. The number of thiazole rings is 1. The van der Waals surface area contributed by atoms with Crippen molar-refractivity contribution in [3.05, 3.63) is 16.5 Å². The van der Waals surface area contributed by atoms with Crippen LogP contribution in [0.15, 0.2) is 6.33 Å². The van der Waals surface area contributed by atoms with Crippen LogP contribution in [0.3, 0.4) is 0 Å². The fourth-order valence-electron chi connectivity index (χ4n) is 1.82. The van der Waals surface area contributed by atoms with Crippen molar-refractivity contribution >= 4 is 33.3 Å². The van der Waals surface area contributed by atoms with E-state index in [1.54, 1.807) is 11.3 Å². The van der Waals surface area contributed by atoms with Crippen LogP contribution in [0.25, 0.3) is 10.3 Å². The lowest BCUT2D eigenvalue weighted by atomic mass is 10.1. The van der Waals surface area contributed by atoms with E-state index in [2.05, 4.69) is 21.9 Å². The molecule has 3 rings (SSSR count). The van der Waals surface area contributed by atoms with Crippen LogP contribution in [0.4, 0.5) is 0 Å². The highest BCUT2D eigenvalue weighted by atomic mass is 35.5. The molecule has 1 saturated carbocycles. The molecule has 78 valence electrons. The van der Waals surface area contributed by atoms with Gasteiger partial charge in [-0.2, -0.15) is 0 Å². The van der Waals surface area contributed by atoms with E-state index in [0.717, 1.165) is 16.8 Å². The normalized spacial score (nSPS) is 18.3. The van der Waals surface area contributed by atoms with Gasteiger partial charge in [-0.25, -0.2) is 15.0 Å². The highest BCUT2D eigenvalue weighted by Crippen LogP contribution is 2.52. The summed E-state index contributed by atoms with van der Waals surface area (Å²) in [5, 5.41) is 1.65. The van der Waals surface area contributed by atoms with Crippen molar-refractivity contribution in [1.82, 2.24) is 15.0 Å². The molecule has 2 heterocycles. The van der Waals surface area contributed by atoms with Gasteiger partial charge in [0.2, 0.25) is 0 Å². The quantitative estimate of drug-likeness (QED) is 0.756. The molecule has 0 N–H and O–H groups in total. The molecule has 0 aliphatic heterocycles. The van der Waals surface area contributed by atoms with Crippen molar-refractivity contribution in [3.8, 4) is 0 Å². The van der Waals surface area contributed by atoms with Gasteiger partial charge in [-0.15, -0.1) is 0 Å². The fourth-order valence-corrected chi connectivity index (χ4v) is 3.28. The molecule has 2 aromatic rings. The minimum absolute atomic E-state index is 0.328. The maximum absolute atomic E-state index is 5.98. The maximum atomic E-state index is 5.98. The van der Waals surface area contributed by atoms with Crippen molar-refractivity contribution < 1.29 is 0 Å². The predicted octanol–water partition coefficient (Wildman–Crippen LogP) is 3.18. The Morgan fingerprint density at radius 2 is 2.27 bits per heavy atom. The Kier molecular flexibility index (Phi) is 1.97. The predicted molar refractivity (Wildman–Crippen MR) is 61.4 cm³/mol. The summed E-state index contributed by atoms with van der Waals surface area (Å²) in [4.78, 5) is 13.6. The molecular formula is C10H10ClN3S. The van der Waals surface area contributed by atoms with Gasteiger partial charge in [0.25, 0.3) is 0 Å². The third kappa shape index (κ3) is 1.35. The number of hydrogen-bond acceptors (Lipinski definition) is 4. The van der Waals surface area contributed by atoms with Gasteiger partial charge in [-0.1, -0.05) is 29.9 Å². The first-order chi connectivity index (χ1) is 7.25. The summed E-state index contributed by atoms with van der Waals surface area (Å²) in [6.45, 7) is 2.21. The number of rotatable bonds is 2. The van der Waals surface area contributed by atoms with E-state index < -0.39 is 0 Å². The Morgan fingerprint density at radius 3 is 2.87 bits per heavy atom. The van der Waals surface area contributed by atoms with Crippen LogP contribution < -0.4 is 0 Å². The molecule has 5 heteroatoms. The number of halogens is 1. The molecular weight excluding hydrogens is 230 g/mol. The van der Waals surface area contributed by atoms with Crippen LogP contribution in [-0.2, 0) is 5.41 Å². The van der Waals surface area contributed by atoms with Gasteiger partial charge in [0, 0.05) is 5.41 Å². The van der Waals surface area contributed by atoms with E-state index in [4.69, 9.17) is 11.6 Å². The summed E-state index contributed by atoms with van der Waals surface area (Å²) >= 11 is 7.64. The number of fused-ring (bicyclic) bond motifs is 1. The fraction of sp³-hybridized carbons (Fsp3) is 0.500. The van der Waals surface area contributed by atoms with Gasteiger partial charge in [-0.05, 0) is 19.3 Å². The van der Waals surface area contributed by atoms with Crippen LogP contribution in [0.2, 0.25) is 5.15 Å². The van der Waals surface area contributed by atoms with Gasteiger partial charge in [0.15, 0.2) is 5.15 Å². The van der Waals surface area contributed by atoms with E-state index in [1.165, 1.54) is 24.2 Å². The Balaban J connectivity index is 2.19. The van der Waals surface area contributed by atoms with E-state index in [0.29, 0.717) is 10.6 Å². The molecule has 0 aromatic carbocycles. The zero-order valence-corrected chi connectivity index (χ0v) is 9.90. The lowest BCUT2D eigenvalue weighted by molar-refractivity contribution is 0.660. The highest BCUT2D eigenvalue weighted by molar-refractivity contribution is 7.18. The standard InChI is InChI=1S/C10H10ClN3S/c1-2-10(3-4-10)9-14-6-7(11)12-5-13-8(6)15-9/h5H,2-4H2,1H3. The van der Waals surface area contributed by atoms with Crippen LogP contribution in [0.5, 0.6) is 0 Å². The van der Waals surface area contributed by atoms with Crippen molar-refractivity contribution in [1.29, 1.82) is 0 Å². The number of nitrogens with zero attached hydrogens (tertiary/aromatic N) is 3. The molecule has 1 aliphatic carbocycles. The van der Waals surface area contributed by atoms with Gasteiger partial charge in [0.05, 0.1) is 0 Å². The topological polar surface area (TPSA) is 38.7 Å². The van der Waals surface area contributed by atoms with Crippen LogP contribution in [0.1, 0.15) is 31.2 Å². The zero-order chi connectivity index (χ0) is 10.5. The monoisotopic (exact) mass is 239 g/mol. The third-order valence-electron chi connectivity index (χ3n) is 3.13. The molecule has 0 amide bonds. The third-order valence-corrected chi connectivity index (χ3v) is 4.62. The number of hydrogen-bond donors (Lipinski definition) is 0. The maximum Gasteiger partial charge on any atom is 0.159 e. The molecule has 0 saturated heterocycles. The minimum atomic E-state index is 0.328. The second-order valence-electron chi connectivity index (χ2n) is 3.97. The minimum Gasteiger partial charge on any atom is -0.236 e. The van der Waals surface area contributed by atoms with E-state index in [-0.39, 0.29) is 0 Å². The molecule has 1 fully saturated rings. The van der Waals surface area contributed by atoms with Crippen LogP contribution >= 0.6 is 22.9 Å². The van der Waals surface area contributed by atoms with Crippen molar-refractivity contribution in [2.45, 2.75) is 31.6 Å². The second kappa shape index (κ2) is 3.12. The zero-order valence-electron chi connectivity index (χ0n) is 8.33. The molecule has 2 aromatic heterocycles. The lowest BCUT2D eigenvalue weighted by Gasteiger charge is -2.05. The SMILES string of the molecule is CCC1(c2nc3c(Cl)ncnc3s2)CC1. The molecule has 15 heavy (non-hydrogen) atoms. The molecule has 3 nitrogen and oxygen atoms in total. The summed E-state index contributed by atoms with van der Waals surface area (Å²) in [5.41, 5.74) is 1.09. The summed E-state index contributed by atoms with van der Waals surface area (Å²) in [6.07, 6.45) is 5.14. The average molecular weight is 240 g/mol. The van der Waals surface area contributed by atoms with Crippen molar-refractivity contribution in [2.24, 2.45) is 0 Å². The second-order valence-corrected chi connectivity index (χ2v) is 5.31. The van der Waals surface area contributed by atoms with Gasteiger partial charge in [0.1, 0.15) is 21.7 Å². The largest absolute Gasteiger partial charge is 0.236 e. The first kappa shape index (κ1) is 9.48. The van der Waals surface area contributed by atoms with Gasteiger partial charge in [-0.3, -0.25) is 0 Å². The summed E-state index contributed by atoms with van der Waals surface area (Å²) in [7, 11) is 0. The molecule has 0 radical (unpaired) electrons.